The van der Waals surface area contributed by atoms with Crippen molar-refractivity contribution in [2.45, 2.75) is 100 Å². The van der Waals surface area contributed by atoms with Crippen LogP contribution in [0.2, 0.25) is 0 Å². The van der Waals surface area contributed by atoms with E-state index in [4.69, 9.17) is 9.98 Å². The van der Waals surface area contributed by atoms with Gasteiger partial charge in [-0.2, -0.15) is 0 Å². The number of hydrogen-bond acceptors (Lipinski definition) is 3. The first-order valence-corrected chi connectivity index (χ1v) is 16.1. The van der Waals surface area contributed by atoms with Crippen molar-refractivity contribution >= 4 is 35.7 Å². The van der Waals surface area contributed by atoms with Gasteiger partial charge in [0.25, 0.3) is 0 Å². The molecule has 6 heterocycles. The van der Waals surface area contributed by atoms with Gasteiger partial charge in [-0.15, -0.1) is 0 Å². The topological polar surface area (TPSA) is 46.6 Å². The van der Waals surface area contributed by atoms with E-state index in [0.717, 1.165) is 67.9 Å². The maximum absolute atomic E-state index is 5.35. The minimum absolute atomic E-state index is 0.0773. The van der Waals surface area contributed by atoms with Crippen molar-refractivity contribution in [1.82, 2.24) is 14.5 Å². The number of hydrogen-bond donors (Lipinski definition) is 1. The fourth-order valence-electron chi connectivity index (χ4n) is 7.70. The van der Waals surface area contributed by atoms with Crippen molar-refractivity contribution in [1.29, 1.82) is 0 Å². The Bertz CT molecular complexity index is 1800. The van der Waals surface area contributed by atoms with Gasteiger partial charge >= 0.3 is 0 Å². The molecular formula is C37H47N5. The van der Waals surface area contributed by atoms with Crippen molar-refractivity contribution < 1.29 is 0 Å². The Labute approximate surface area is 251 Å². The predicted molar refractivity (Wildman–Crippen MR) is 180 cm³/mol. The molecule has 42 heavy (non-hydrogen) atoms. The zero-order valence-electron chi connectivity index (χ0n) is 27.1. The smallest absolute Gasteiger partial charge is 0.108 e. The molecule has 2 aromatic rings. The van der Waals surface area contributed by atoms with E-state index >= 15 is 0 Å². The van der Waals surface area contributed by atoms with E-state index in [2.05, 4.69) is 94.1 Å². The summed E-state index contributed by atoms with van der Waals surface area (Å²) in [6, 6.07) is 0. The molecular weight excluding hydrogens is 514 g/mol. The second-order valence-electron chi connectivity index (χ2n) is 12.3. The van der Waals surface area contributed by atoms with Gasteiger partial charge in [-0.3, -0.25) is 0 Å². The summed E-state index contributed by atoms with van der Waals surface area (Å²) >= 11 is 0. The van der Waals surface area contributed by atoms with Crippen LogP contribution < -0.4 is 16.0 Å². The Morgan fingerprint density at radius 1 is 0.714 bits per heavy atom. The Kier molecular flexibility index (Phi) is 7.51. The highest BCUT2D eigenvalue weighted by atomic mass is 15.2. The molecule has 0 spiro atoms. The standard InChI is InChI=1S/C37H47N5/c1-10-14-28-22(5)30-17-34-23(6)27(12-3)36-18-31-21(4)26(11-2)32(39-31)19-35-24(7)29(15-13-16-38-9)37(20-33(28)40-30)42(35)25(8)41(34)36/h17-20,25,38H,10-16H2,1-9H3. The molecule has 5 heteroatoms. The van der Waals surface area contributed by atoms with E-state index in [-0.39, 0.29) is 6.17 Å². The van der Waals surface area contributed by atoms with Crippen molar-refractivity contribution in [2.75, 3.05) is 13.6 Å². The summed E-state index contributed by atoms with van der Waals surface area (Å²) in [7, 11) is 2.05. The first-order chi connectivity index (χ1) is 20.2. The maximum atomic E-state index is 5.35. The van der Waals surface area contributed by atoms with Gasteiger partial charge in [0, 0.05) is 22.1 Å². The van der Waals surface area contributed by atoms with Crippen molar-refractivity contribution in [3.8, 4) is 0 Å². The monoisotopic (exact) mass is 561 g/mol. The first kappa shape index (κ1) is 28.7. The van der Waals surface area contributed by atoms with Gasteiger partial charge in [-0.25, -0.2) is 9.98 Å². The van der Waals surface area contributed by atoms with Gasteiger partial charge in [0.05, 0.1) is 22.8 Å². The molecule has 4 aliphatic heterocycles. The van der Waals surface area contributed by atoms with E-state index in [1.54, 1.807) is 0 Å². The quantitative estimate of drug-likeness (QED) is 0.358. The van der Waals surface area contributed by atoms with Crippen LogP contribution in [0, 0.1) is 13.8 Å². The number of nitrogens with zero attached hydrogens (tertiary/aromatic N) is 4. The SMILES string of the molecule is CCCC1=C(C)C2=NC1=Cc1c(CCCNC)c(C)c3n1C(C)n1c(c(C)c(CC)c1=CC1=NC(=C3)C(CC)=C1C)=C2. The Morgan fingerprint density at radius 2 is 1.36 bits per heavy atom. The van der Waals surface area contributed by atoms with Gasteiger partial charge < -0.3 is 14.5 Å². The fraction of sp³-hybridized carbons (Fsp3) is 0.459. The number of allylic oxidation sites excluding steroid dienone is 4. The molecule has 1 unspecified atom stereocenters. The van der Waals surface area contributed by atoms with Crippen molar-refractivity contribution in [3.05, 3.63) is 78.0 Å². The van der Waals surface area contributed by atoms with Crippen LogP contribution in [-0.4, -0.2) is 34.1 Å². The summed E-state index contributed by atoms with van der Waals surface area (Å²) in [6.45, 7) is 19.4. The van der Waals surface area contributed by atoms with Crippen LogP contribution >= 0.6 is 0 Å². The largest absolute Gasteiger partial charge is 0.320 e. The lowest BCUT2D eigenvalue weighted by molar-refractivity contribution is 0.448. The molecule has 6 rings (SSSR count). The van der Waals surface area contributed by atoms with Crippen molar-refractivity contribution in [2.24, 2.45) is 9.98 Å². The molecule has 0 saturated heterocycles. The van der Waals surface area contributed by atoms with Gasteiger partial charge in [-0.1, -0.05) is 27.2 Å². The summed E-state index contributed by atoms with van der Waals surface area (Å²) in [5.41, 5.74) is 18.0. The zero-order valence-corrected chi connectivity index (χ0v) is 27.1. The molecule has 0 radical (unpaired) electrons. The third-order valence-corrected chi connectivity index (χ3v) is 10.0. The van der Waals surface area contributed by atoms with Crippen LogP contribution in [-0.2, 0) is 12.8 Å². The third kappa shape index (κ3) is 4.23. The average Bonchev–Trinajstić information content (AvgIpc) is 3.60. The normalized spacial score (nSPS) is 18.9. The number of aliphatic imine (C=N–C) groups is 2. The number of aromatic nitrogens is 2. The van der Waals surface area contributed by atoms with Crippen LogP contribution in [0.3, 0.4) is 0 Å². The predicted octanol–water partition coefficient (Wildman–Crippen LogP) is 6.71. The van der Waals surface area contributed by atoms with Crippen LogP contribution in [0.5, 0.6) is 0 Å². The van der Waals surface area contributed by atoms with Gasteiger partial charge in [0.15, 0.2) is 0 Å². The second-order valence-corrected chi connectivity index (χ2v) is 12.3. The summed E-state index contributed by atoms with van der Waals surface area (Å²) in [5, 5.41) is 5.92. The summed E-state index contributed by atoms with van der Waals surface area (Å²) in [6.07, 6.45) is 15.8. The third-order valence-electron chi connectivity index (χ3n) is 10.0. The van der Waals surface area contributed by atoms with E-state index in [1.807, 2.05) is 7.05 Å². The van der Waals surface area contributed by atoms with Crippen molar-refractivity contribution in [3.63, 3.8) is 0 Å². The highest BCUT2D eigenvalue weighted by molar-refractivity contribution is 6.24. The Morgan fingerprint density at radius 3 is 2.00 bits per heavy atom. The molecule has 4 aliphatic rings. The number of nitrogens with one attached hydrogen (secondary N) is 1. The molecule has 1 N–H and O–H groups in total. The Balaban J connectivity index is 1.83. The minimum Gasteiger partial charge on any atom is -0.320 e. The van der Waals surface area contributed by atoms with Crippen LogP contribution in [0.4, 0.5) is 0 Å². The molecule has 0 fully saturated rings. The lowest BCUT2D eigenvalue weighted by Crippen LogP contribution is -2.36. The van der Waals surface area contributed by atoms with Crippen LogP contribution in [0.1, 0.15) is 107 Å². The molecule has 2 aromatic heterocycles. The van der Waals surface area contributed by atoms with Crippen LogP contribution in [0.25, 0.3) is 24.3 Å². The van der Waals surface area contributed by atoms with E-state index in [0.29, 0.717) is 0 Å². The van der Waals surface area contributed by atoms with Gasteiger partial charge in [0.2, 0.25) is 0 Å². The van der Waals surface area contributed by atoms with Crippen LogP contribution in [0.15, 0.2) is 43.7 Å². The molecule has 0 saturated carbocycles. The summed E-state index contributed by atoms with van der Waals surface area (Å²) in [4.78, 5) is 10.7. The molecule has 5 nitrogen and oxygen atoms in total. The minimum atomic E-state index is 0.0773. The highest BCUT2D eigenvalue weighted by Crippen LogP contribution is 2.38. The maximum Gasteiger partial charge on any atom is 0.108 e. The molecule has 0 aliphatic carbocycles. The number of fused-ring (bicyclic) bond motifs is 2. The fourth-order valence-corrected chi connectivity index (χ4v) is 7.70. The Hall–Kier alpha value is -3.44. The van der Waals surface area contributed by atoms with E-state index < -0.39 is 0 Å². The lowest BCUT2D eigenvalue weighted by Gasteiger charge is -2.24. The summed E-state index contributed by atoms with van der Waals surface area (Å²) in [5.74, 6) is 0. The van der Waals surface area contributed by atoms with Gasteiger partial charge in [-0.05, 0) is 149 Å². The molecule has 6 bridgehead atoms. The first-order valence-electron chi connectivity index (χ1n) is 16.1. The number of rotatable bonds is 8. The van der Waals surface area contributed by atoms with E-state index in [1.165, 1.54) is 66.6 Å². The summed E-state index contributed by atoms with van der Waals surface area (Å²) < 4.78 is 5.19. The zero-order chi connectivity index (χ0) is 29.9. The molecule has 0 aromatic carbocycles. The highest BCUT2D eigenvalue weighted by Gasteiger charge is 2.30. The molecule has 220 valence electrons. The molecule has 1 atom stereocenters. The second kappa shape index (κ2) is 11.0. The lowest BCUT2D eigenvalue weighted by atomic mass is 9.98. The average molecular weight is 562 g/mol. The molecule has 0 amide bonds. The van der Waals surface area contributed by atoms with Gasteiger partial charge in [0.1, 0.15) is 6.17 Å². The van der Waals surface area contributed by atoms with E-state index in [9.17, 15) is 0 Å².